The molecular formula is C19H19FN2O2. The third-order valence-corrected chi connectivity index (χ3v) is 3.66. The standard InChI is InChI=1S/C19H19FN2O2/c1-22(12-13-24-18-5-3-2-4-17(18)20)19(23)11-10-15-6-8-16(14-21)9-7-15/h2-9H,10-13H2,1H3. The van der Waals surface area contributed by atoms with E-state index in [2.05, 4.69) is 6.07 Å². The third-order valence-electron chi connectivity index (χ3n) is 3.66. The fourth-order valence-corrected chi connectivity index (χ4v) is 2.17. The number of benzene rings is 2. The minimum Gasteiger partial charge on any atom is -0.489 e. The van der Waals surface area contributed by atoms with Gasteiger partial charge in [0.15, 0.2) is 11.6 Å². The maximum Gasteiger partial charge on any atom is 0.222 e. The van der Waals surface area contributed by atoms with E-state index in [1.54, 1.807) is 42.3 Å². The number of nitriles is 1. The predicted octanol–water partition coefficient (Wildman–Crippen LogP) is 3.17. The van der Waals surface area contributed by atoms with Crippen molar-refractivity contribution in [2.75, 3.05) is 20.2 Å². The number of carbonyl (C=O) groups is 1. The molecule has 5 heteroatoms. The van der Waals surface area contributed by atoms with Crippen LogP contribution < -0.4 is 4.74 Å². The normalized spacial score (nSPS) is 10.0. The van der Waals surface area contributed by atoms with Crippen LogP contribution in [0.5, 0.6) is 5.75 Å². The summed E-state index contributed by atoms with van der Waals surface area (Å²) in [5.74, 6) is -0.222. The van der Waals surface area contributed by atoms with Crippen LogP contribution in [0.2, 0.25) is 0 Å². The van der Waals surface area contributed by atoms with Crippen molar-refractivity contribution >= 4 is 5.91 Å². The number of hydrogen-bond donors (Lipinski definition) is 0. The number of para-hydroxylation sites is 1. The van der Waals surface area contributed by atoms with Crippen LogP contribution >= 0.6 is 0 Å². The average molecular weight is 326 g/mol. The number of carbonyl (C=O) groups excluding carboxylic acids is 1. The van der Waals surface area contributed by atoms with E-state index in [0.717, 1.165) is 5.56 Å². The second-order valence-corrected chi connectivity index (χ2v) is 5.40. The van der Waals surface area contributed by atoms with Crippen LogP contribution in [0.25, 0.3) is 0 Å². The van der Waals surface area contributed by atoms with Gasteiger partial charge in [0.1, 0.15) is 6.61 Å². The highest BCUT2D eigenvalue weighted by Crippen LogP contribution is 2.15. The lowest BCUT2D eigenvalue weighted by atomic mass is 10.1. The maximum absolute atomic E-state index is 13.4. The minimum atomic E-state index is -0.410. The van der Waals surface area contributed by atoms with Gasteiger partial charge in [-0.15, -0.1) is 0 Å². The Labute approximate surface area is 141 Å². The van der Waals surface area contributed by atoms with E-state index in [1.165, 1.54) is 6.07 Å². The first-order chi connectivity index (χ1) is 11.6. The molecule has 0 aliphatic carbocycles. The molecule has 0 saturated carbocycles. The molecule has 1 amide bonds. The number of likely N-dealkylation sites (N-methyl/N-ethyl adjacent to an activating group) is 1. The summed E-state index contributed by atoms with van der Waals surface area (Å²) >= 11 is 0. The molecule has 0 aromatic heterocycles. The van der Waals surface area contributed by atoms with Gasteiger partial charge in [0.25, 0.3) is 0 Å². The van der Waals surface area contributed by atoms with Crippen LogP contribution in [-0.2, 0) is 11.2 Å². The van der Waals surface area contributed by atoms with Crippen molar-refractivity contribution in [1.82, 2.24) is 4.90 Å². The van der Waals surface area contributed by atoms with Crippen molar-refractivity contribution in [3.8, 4) is 11.8 Å². The molecule has 0 heterocycles. The Morgan fingerprint density at radius 1 is 1.21 bits per heavy atom. The highest BCUT2D eigenvalue weighted by molar-refractivity contribution is 5.76. The van der Waals surface area contributed by atoms with Crippen molar-refractivity contribution in [3.05, 3.63) is 65.5 Å². The van der Waals surface area contributed by atoms with Crippen molar-refractivity contribution in [1.29, 1.82) is 5.26 Å². The Hall–Kier alpha value is -2.87. The quantitative estimate of drug-likeness (QED) is 0.785. The summed E-state index contributed by atoms with van der Waals surface area (Å²) < 4.78 is 18.8. The van der Waals surface area contributed by atoms with Crippen LogP contribution in [0.3, 0.4) is 0 Å². The molecule has 0 N–H and O–H groups in total. The average Bonchev–Trinajstić information content (AvgIpc) is 2.61. The molecule has 0 saturated heterocycles. The Kier molecular flexibility index (Phi) is 6.32. The molecule has 0 atom stereocenters. The number of rotatable bonds is 7. The summed E-state index contributed by atoms with van der Waals surface area (Å²) in [4.78, 5) is 13.7. The minimum absolute atomic E-state index is 0.00325. The van der Waals surface area contributed by atoms with Crippen LogP contribution in [0.15, 0.2) is 48.5 Å². The molecule has 2 aromatic carbocycles. The lowest BCUT2D eigenvalue weighted by Crippen LogP contribution is -2.31. The van der Waals surface area contributed by atoms with Crippen molar-refractivity contribution in [3.63, 3.8) is 0 Å². The summed E-state index contributed by atoms with van der Waals surface area (Å²) in [5, 5.41) is 8.76. The van der Waals surface area contributed by atoms with Crippen molar-refractivity contribution in [2.45, 2.75) is 12.8 Å². The predicted molar refractivity (Wildman–Crippen MR) is 89.0 cm³/mol. The Bertz CT molecular complexity index is 723. The van der Waals surface area contributed by atoms with Gasteiger partial charge in [-0.1, -0.05) is 24.3 Å². The van der Waals surface area contributed by atoms with Crippen molar-refractivity contribution in [2.24, 2.45) is 0 Å². The summed E-state index contributed by atoms with van der Waals surface area (Å²) in [5.41, 5.74) is 1.62. The van der Waals surface area contributed by atoms with E-state index in [-0.39, 0.29) is 18.3 Å². The number of halogens is 1. The van der Waals surface area contributed by atoms with E-state index in [0.29, 0.717) is 24.9 Å². The van der Waals surface area contributed by atoms with Crippen molar-refractivity contribution < 1.29 is 13.9 Å². The summed E-state index contributed by atoms with van der Waals surface area (Å²) in [7, 11) is 1.70. The van der Waals surface area contributed by atoms with Gasteiger partial charge >= 0.3 is 0 Å². The molecule has 2 rings (SSSR count). The monoisotopic (exact) mass is 326 g/mol. The molecule has 0 unspecified atom stereocenters. The summed E-state index contributed by atoms with van der Waals surface area (Å²) in [6, 6.07) is 15.4. The second-order valence-electron chi connectivity index (χ2n) is 5.40. The molecule has 0 aliphatic rings. The lowest BCUT2D eigenvalue weighted by Gasteiger charge is -2.17. The van der Waals surface area contributed by atoms with Gasteiger partial charge in [-0.25, -0.2) is 4.39 Å². The molecule has 0 spiro atoms. The SMILES string of the molecule is CN(CCOc1ccccc1F)C(=O)CCc1ccc(C#N)cc1. The van der Waals surface area contributed by atoms with Gasteiger partial charge in [0.05, 0.1) is 18.2 Å². The van der Waals surface area contributed by atoms with E-state index < -0.39 is 5.82 Å². The van der Waals surface area contributed by atoms with Gasteiger partial charge in [-0.2, -0.15) is 5.26 Å². The third kappa shape index (κ3) is 5.10. The van der Waals surface area contributed by atoms with E-state index in [1.807, 2.05) is 12.1 Å². The fraction of sp³-hybridized carbons (Fsp3) is 0.263. The van der Waals surface area contributed by atoms with Gasteiger partial charge in [-0.05, 0) is 36.2 Å². The van der Waals surface area contributed by atoms with Gasteiger partial charge in [-0.3, -0.25) is 4.79 Å². The molecule has 0 fully saturated rings. The first-order valence-electron chi connectivity index (χ1n) is 7.70. The fourth-order valence-electron chi connectivity index (χ4n) is 2.17. The number of hydrogen-bond acceptors (Lipinski definition) is 3. The molecule has 24 heavy (non-hydrogen) atoms. The first-order valence-corrected chi connectivity index (χ1v) is 7.70. The highest BCUT2D eigenvalue weighted by Gasteiger charge is 2.09. The van der Waals surface area contributed by atoms with Crippen LogP contribution in [0, 0.1) is 17.1 Å². The Morgan fingerprint density at radius 2 is 1.92 bits per heavy atom. The Morgan fingerprint density at radius 3 is 2.58 bits per heavy atom. The largest absolute Gasteiger partial charge is 0.489 e. The topological polar surface area (TPSA) is 53.3 Å². The number of nitrogens with zero attached hydrogens (tertiary/aromatic N) is 2. The molecule has 0 bridgehead atoms. The number of amides is 1. The van der Waals surface area contributed by atoms with E-state index in [9.17, 15) is 9.18 Å². The molecule has 4 nitrogen and oxygen atoms in total. The zero-order valence-electron chi connectivity index (χ0n) is 13.5. The Balaban J connectivity index is 1.73. The van der Waals surface area contributed by atoms with Gasteiger partial charge < -0.3 is 9.64 Å². The van der Waals surface area contributed by atoms with Gasteiger partial charge in [0, 0.05) is 13.5 Å². The van der Waals surface area contributed by atoms with E-state index in [4.69, 9.17) is 10.00 Å². The van der Waals surface area contributed by atoms with Gasteiger partial charge in [0.2, 0.25) is 5.91 Å². The molecular weight excluding hydrogens is 307 g/mol. The smallest absolute Gasteiger partial charge is 0.222 e. The molecule has 124 valence electrons. The summed E-state index contributed by atoms with van der Waals surface area (Å²) in [6.45, 7) is 0.626. The number of aryl methyl sites for hydroxylation is 1. The molecule has 0 radical (unpaired) electrons. The van der Waals surface area contributed by atoms with Crippen LogP contribution in [0.1, 0.15) is 17.5 Å². The lowest BCUT2D eigenvalue weighted by molar-refractivity contribution is -0.130. The number of ether oxygens (including phenoxy) is 1. The van der Waals surface area contributed by atoms with E-state index >= 15 is 0 Å². The zero-order valence-corrected chi connectivity index (χ0v) is 13.5. The second kappa shape index (κ2) is 8.68. The summed E-state index contributed by atoms with van der Waals surface area (Å²) in [6.07, 6.45) is 0.991. The maximum atomic E-state index is 13.4. The van der Waals surface area contributed by atoms with Crippen LogP contribution in [0.4, 0.5) is 4.39 Å². The zero-order chi connectivity index (χ0) is 17.4. The molecule has 2 aromatic rings. The first kappa shape index (κ1) is 17.5. The molecule has 0 aliphatic heterocycles. The highest BCUT2D eigenvalue weighted by atomic mass is 19.1. The van der Waals surface area contributed by atoms with Crippen LogP contribution in [-0.4, -0.2) is 31.0 Å².